The maximum atomic E-state index is 11.5. The van der Waals surface area contributed by atoms with E-state index in [0.717, 1.165) is 32.6 Å². The lowest BCUT2D eigenvalue weighted by Crippen LogP contribution is -2.48. The second-order valence-corrected chi connectivity index (χ2v) is 6.04. The first-order chi connectivity index (χ1) is 8.65. The van der Waals surface area contributed by atoms with Crippen molar-refractivity contribution in [2.45, 2.75) is 31.7 Å². The van der Waals surface area contributed by atoms with Gasteiger partial charge in [-0.15, -0.1) is 0 Å². The van der Waals surface area contributed by atoms with E-state index in [9.17, 15) is 4.79 Å². The molecule has 0 amide bonds. The van der Waals surface area contributed by atoms with E-state index >= 15 is 0 Å². The predicted molar refractivity (Wildman–Crippen MR) is 71.7 cm³/mol. The van der Waals surface area contributed by atoms with Crippen LogP contribution in [0.3, 0.4) is 0 Å². The molecule has 4 heteroatoms. The summed E-state index contributed by atoms with van der Waals surface area (Å²) in [5.74, 6) is 0. The molecule has 2 heterocycles. The third kappa shape index (κ3) is 3.31. The molecule has 0 N–H and O–H groups in total. The van der Waals surface area contributed by atoms with E-state index in [2.05, 4.69) is 23.9 Å². The van der Waals surface area contributed by atoms with Crippen LogP contribution >= 0.6 is 0 Å². The highest BCUT2D eigenvalue weighted by atomic mass is 16.5. The van der Waals surface area contributed by atoms with E-state index in [0.29, 0.717) is 6.04 Å². The Morgan fingerprint density at radius 2 is 1.94 bits per heavy atom. The van der Waals surface area contributed by atoms with Crippen LogP contribution in [0.5, 0.6) is 0 Å². The van der Waals surface area contributed by atoms with Gasteiger partial charge < -0.3 is 19.3 Å². The summed E-state index contributed by atoms with van der Waals surface area (Å²) >= 11 is 0. The van der Waals surface area contributed by atoms with Crippen LogP contribution in [0.25, 0.3) is 0 Å². The van der Waals surface area contributed by atoms with Gasteiger partial charge in [-0.2, -0.15) is 0 Å². The first-order valence-electron chi connectivity index (χ1n) is 7.08. The molecule has 0 spiro atoms. The van der Waals surface area contributed by atoms with Gasteiger partial charge >= 0.3 is 0 Å². The van der Waals surface area contributed by atoms with Crippen molar-refractivity contribution in [2.24, 2.45) is 5.41 Å². The molecule has 0 aromatic carbocycles. The van der Waals surface area contributed by atoms with Gasteiger partial charge in [0.2, 0.25) is 0 Å². The number of carbonyl (C=O) groups is 1. The summed E-state index contributed by atoms with van der Waals surface area (Å²) < 4.78 is 5.38. The SMILES string of the molecule is CN1CCC(N(C)CC2(C=O)CCOCC2)CC1. The molecule has 0 aliphatic carbocycles. The maximum absolute atomic E-state index is 11.5. The zero-order valence-corrected chi connectivity index (χ0v) is 11.7. The number of hydrogen-bond donors (Lipinski definition) is 0. The van der Waals surface area contributed by atoms with Crippen LogP contribution in [-0.2, 0) is 9.53 Å². The van der Waals surface area contributed by atoms with Crippen LogP contribution in [0.15, 0.2) is 0 Å². The van der Waals surface area contributed by atoms with Gasteiger partial charge in [-0.05, 0) is 52.9 Å². The molecule has 4 nitrogen and oxygen atoms in total. The Kier molecular flexibility index (Phi) is 4.76. The summed E-state index contributed by atoms with van der Waals surface area (Å²) in [7, 11) is 4.36. The fraction of sp³-hybridized carbons (Fsp3) is 0.929. The summed E-state index contributed by atoms with van der Waals surface area (Å²) in [6, 6.07) is 0.640. The minimum Gasteiger partial charge on any atom is -0.381 e. The lowest BCUT2D eigenvalue weighted by Gasteiger charge is -2.41. The molecular weight excluding hydrogens is 228 g/mol. The summed E-state index contributed by atoms with van der Waals surface area (Å²) in [6.07, 6.45) is 5.39. The third-order valence-electron chi connectivity index (χ3n) is 4.61. The van der Waals surface area contributed by atoms with Crippen LogP contribution in [0.4, 0.5) is 0 Å². The molecule has 18 heavy (non-hydrogen) atoms. The summed E-state index contributed by atoms with van der Waals surface area (Å²) in [5.41, 5.74) is -0.156. The number of ether oxygens (including phenoxy) is 1. The van der Waals surface area contributed by atoms with Crippen molar-refractivity contribution in [1.29, 1.82) is 0 Å². The normalized spacial score (nSPS) is 26.4. The first-order valence-corrected chi connectivity index (χ1v) is 7.08. The second-order valence-electron chi connectivity index (χ2n) is 6.04. The number of aldehydes is 1. The standard InChI is InChI=1S/C14H26N2O2/c1-15-7-3-13(4-8-15)16(2)11-14(12-17)5-9-18-10-6-14/h12-13H,3-11H2,1-2H3. The first kappa shape index (κ1) is 14.0. The van der Waals surface area contributed by atoms with Gasteiger partial charge in [0, 0.05) is 31.2 Å². The molecule has 2 fully saturated rings. The highest BCUT2D eigenvalue weighted by Crippen LogP contribution is 2.30. The number of hydrogen-bond acceptors (Lipinski definition) is 4. The molecule has 2 aliphatic rings. The molecule has 0 radical (unpaired) electrons. The van der Waals surface area contributed by atoms with Gasteiger partial charge in [-0.3, -0.25) is 0 Å². The Balaban J connectivity index is 1.88. The molecular formula is C14H26N2O2. The second kappa shape index (κ2) is 6.13. The molecule has 0 aromatic heterocycles. The predicted octanol–water partition coefficient (Wildman–Crippen LogP) is 1.01. The fourth-order valence-electron chi connectivity index (χ4n) is 3.15. The molecule has 104 valence electrons. The average molecular weight is 254 g/mol. The molecule has 2 aliphatic heterocycles. The van der Waals surface area contributed by atoms with Crippen LogP contribution in [0.1, 0.15) is 25.7 Å². The minimum atomic E-state index is -0.156. The number of piperidine rings is 1. The summed E-state index contributed by atoms with van der Waals surface area (Å²) in [5, 5.41) is 0. The van der Waals surface area contributed by atoms with Gasteiger partial charge in [0.25, 0.3) is 0 Å². The average Bonchev–Trinajstić information content (AvgIpc) is 2.40. The van der Waals surface area contributed by atoms with Gasteiger partial charge in [0.05, 0.1) is 0 Å². The Labute approximate surface area is 110 Å². The van der Waals surface area contributed by atoms with E-state index in [1.807, 2.05) is 0 Å². The van der Waals surface area contributed by atoms with Crippen LogP contribution in [-0.4, -0.2) is 69.1 Å². The lowest BCUT2D eigenvalue weighted by atomic mass is 9.81. The Morgan fingerprint density at radius 3 is 2.50 bits per heavy atom. The van der Waals surface area contributed by atoms with Crippen molar-refractivity contribution in [1.82, 2.24) is 9.80 Å². The molecule has 2 rings (SSSR count). The number of rotatable bonds is 4. The minimum absolute atomic E-state index is 0.156. The van der Waals surface area contributed by atoms with Crippen LogP contribution in [0, 0.1) is 5.41 Å². The third-order valence-corrected chi connectivity index (χ3v) is 4.61. The number of likely N-dealkylation sites (tertiary alicyclic amines) is 1. The van der Waals surface area contributed by atoms with Crippen LogP contribution < -0.4 is 0 Å². The van der Waals surface area contributed by atoms with Crippen LogP contribution in [0.2, 0.25) is 0 Å². The molecule has 0 unspecified atom stereocenters. The van der Waals surface area contributed by atoms with Gasteiger partial charge in [-0.1, -0.05) is 0 Å². The van der Waals surface area contributed by atoms with Crippen molar-refractivity contribution in [3.05, 3.63) is 0 Å². The topological polar surface area (TPSA) is 32.8 Å². The summed E-state index contributed by atoms with van der Waals surface area (Å²) in [6.45, 7) is 4.71. The van der Waals surface area contributed by atoms with Crippen molar-refractivity contribution in [2.75, 3.05) is 46.9 Å². The van der Waals surface area contributed by atoms with E-state index < -0.39 is 0 Å². The van der Waals surface area contributed by atoms with Crippen molar-refractivity contribution in [3.8, 4) is 0 Å². The molecule has 2 saturated heterocycles. The van der Waals surface area contributed by atoms with Crippen molar-refractivity contribution >= 4 is 6.29 Å². The van der Waals surface area contributed by atoms with Gasteiger partial charge in [0.1, 0.15) is 6.29 Å². The molecule has 0 bridgehead atoms. The highest BCUT2D eigenvalue weighted by molar-refractivity contribution is 5.60. The molecule has 0 saturated carbocycles. The fourth-order valence-corrected chi connectivity index (χ4v) is 3.15. The maximum Gasteiger partial charge on any atom is 0.127 e. The number of nitrogens with zero attached hydrogens (tertiary/aromatic N) is 2. The van der Waals surface area contributed by atoms with Crippen molar-refractivity contribution < 1.29 is 9.53 Å². The van der Waals surface area contributed by atoms with Gasteiger partial charge in [-0.25, -0.2) is 0 Å². The smallest absolute Gasteiger partial charge is 0.127 e. The lowest BCUT2D eigenvalue weighted by molar-refractivity contribution is -0.123. The Morgan fingerprint density at radius 1 is 1.33 bits per heavy atom. The zero-order valence-electron chi connectivity index (χ0n) is 11.7. The molecule has 0 atom stereocenters. The molecule has 0 aromatic rings. The van der Waals surface area contributed by atoms with E-state index in [1.54, 1.807) is 0 Å². The largest absolute Gasteiger partial charge is 0.381 e. The van der Waals surface area contributed by atoms with Gasteiger partial charge in [0.15, 0.2) is 0 Å². The zero-order chi connectivity index (χ0) is 13.0. The van der Waals surface area contributed by atoms with E-state index in [1.165, 1.54) is 32.2 Å². The highest BCUT2D eigenvalue weighted by Gasteiger charge is 2.35. The van der Waals surface area contributed by atoms with E-state index in [4.69, 9.17) is 4.74 Å². The quantitative estimate of drug-likeness (QED) is 0.701. The summed E-state index contributed by atoms with van der Waals surface area (Å²) in [4.78, 5) is 16.3. The van der Waals surface area contributed by atoms with E-state index in [-0.39, 0.29) is 5.41 Å². The Bertz CT molecular complexity index is 269. The monoisotopic (exact) mass is 254 g/mol. The van der Waals surface area contributed by atoms with Crippen molar-refractivity contribution in [3.63, 3.8) is 0 Å². The Hall–Kier alpha value is -0.450. The number of carbonyl (C=O) groups excluding carboxylic acids is 1.